The Morgan fingerprint density at radius 2 is 1.70 bits per heavy atom. The van der Waals surface area contributed by atoms with Gasteiger partial charge in [0.1, 0.15) is 0 Å². The summed E-state index contributed by atoms with van der Waals surface area (Å²) < 4.78 is 0. The van der Waals surface area contributed by atoms with Crippen LogP contribution in [0.5, 0.6) is 0 Å². The molecule has 3 aromatic rings. The Morgan fingerprint density at radius 3 is 2.46 bits per heavy atom. The highest BCUT2D eigenvalue weighted by molar-refractivity contribution is 6.02. The molecule has 2 N–H and O–H groups in total. The normalized spacial score (nSPS) is 13.5. The lowest BCUT2D eigenvalue weighted by Crippen LogP contribution is -2.34. The number of carbonyl (C=O) groups excluding carboxylic acids is 2. The van der Waals surface area contributed by atoms with Crippen molar-refractivity contribution in [3.8, 4) is 0 Å². The fourth-order valence-electron chi connectivity index (χ4n) is 5.05. The molecule has 5 nitrogen and oxygen atoms in total. The number of amides is 2. The first-order valence-electron chi connectivity index (χ1n) is 13.7. The molecule has 0 saturated carbocycles. The SMILES string of the molecule is CCCCC(CC)C(=O)Nc1ccc(N2CCc3ccccc3C2)c(C(=O)NCCc2ccccc2)c1. The fraction of sp³-hybridized carbons (Fsp3) is 0.375. The summed E-state index contributed by atoms with van der Waals surface area (Å²) in [6.07, 6.45) is 5.52. The lowest BCUT2D eigenvalue weighted by molar-refractivity contribution is -0.120. The van der Waals surface area contributed by atoms with E-state index in [4.69, 9.17) is 0 Å². The van der Waals surface area contributed by atoms with Crippen LogP contribution >= 0.6 is 0 Å². The molecule has 0 radical (unpaired) electrons. The Morgan fingerprint density at radius 1 is 0.946 bits per heavy atom. The average molecular weight is 498 g/mol. The quantitative estimate of drug-likeness (QED) is 0.323. The lowest BCUT2D eigenvalue weighted by atomic mass is 9.97. The molecule has 0 spiro atoms. The zero-order valence-corrected chi connectivity index (χ0v) is 22.1. The highest BCUT2D eigenvalue weighted by Crippen LogP contribution is 2.30. The van der Waals surface area contributed by atoms with Gasteiger partial charge in [-0.3, -0.25) is 9.59 Å². The molecule has 5 heteroatoms. The Hall–Kier alpha value is -3.60. The van der Waals surface area contributed by atoms with Crippen LogP contribution in [0.4, 0.5) is 11.4 Å². The van der Waals surface area contributed by atoms with E-state index in [2.05, 4.69) is 65.8 Å². The third kappa shape index (κ3) is 7.00. The summed E-state index contributed by atoms with van der Waals surface area (Å²) >= 11 is 0. The molecule has 0 fully saturated rings. The van der Waals surface area contributed by atoms with E-state index in [0.29, 0.717) is 17.8 Å². The molecule has 0 aromatic heterocycles. The van der Waals surface area contributed by atoms with Crippen molar-refractivity contribution < 1.29 is 9.59 Å². The zero-order chi connectivity index (χ0) is 26.0. The topological polar surface area (TPSA) is 61.4 Å². The predicted molar refractivity (Wildman–Crippen MR) is 152 cm³/mol. The highest BCUT2D eigenvalue weighted by Gasteiger charge is 2.23. The minimum atomic E-state index is -0.112. The molecule has 194 valence electrons. The molecule has 1 unspecified atom stereocenters. The molecular formula is C32H39N3O2. The molecular weight excluding hydrogens is 458 g/mol. The maximum absolute atomic E-state index is 13.5. The van der Waals surface area contributed by atoms with Crippen LogP contribution in [0, 0.1) is 5.92 Å². The summed E-state index contributed by atoms with van der Waals surface area (Å²) in [7, 11) is 0. The van der Waals surface area contributed by atoms with Gasteiger partial charge in [-0.25, -0.2) is 0 Å². The number of nitrogens with zero attached hydrogens (tertiary/aromatic N) is 1. The minimum absolute atomic E-state index is 0.0126. The van der Waals surface area contributed by atoms with Crippen molar-refractivity contribution in [1.82, 2.24) is 5.32 Å². The van der Waals surface area contributed by atoms with Crippen molar-refractivity contribution in [2.45, 2.75) is 58.9 Å². The van der Waals surface area contributed by atoms with Gasteiger partial charge in [-0.1, -0.05) is 81.3 Å². The molecule has 1 aliphatic heterocycles. The summed E-state index contributed by atoms with van der Waals surface area (Å²) in [5.41, 5.74) is 6.04. The molecule has 3 aromatic carbocycles. The van der Waals surface area contributed by atoms with Crippen LogP contribution in [0.3, 0.4) is 0 Å². The number of nitrogens with one attached hydrogen (secondary N) is 2. The van der Waals surface area contributed by atoms with Crippen molar-refractivity contribution in [2.75, 3.05) is 23.3 Å². The molecule has 1 aliphatic rings. The van der Waals surface area contributed by atoms with Crippen LogP contribution in [0.25, 0.3) is 0 Å². The summed E-state index contributed by atoms with van der Waals surface area (Å²) in [6.45, 7) is 6.37. The maximum atomic E-state index is 13.5. The van der Waals surface area contributed by atoms with Gasteiger partial charge in [-0.2, -0.15) is 0 Å². The highest BCUT2D eigenvalue weighted by atomic mass is 16.2. The van der Waals surface area contributed by atoms with Crippen molar-refractivity contribution in [3.63, 3.8) is 0 Å². The van der Waals surface area contributed by atoms with E-state index in [0.717, 1.165) is 57.3 Å². The zero-order valence-electron chi connectivity index (χ0n) is 22.1. The molecule has 1 heterocycles. The number of anilines is 2. The Bertz CT molecular complexity index is 1190. The number of hydrogen-bond donors (Lipinski definition) is 2. The van der Waals surface area contributed by atoms with E-state index in [-0.39, 0.29) is 17.7 Å². The molecule has 2 amide bonds. The lowest BCUT2D eigenvalue weighted by Gasteiger charge is -2.32. The van der Waals surface area contributed by atoms with Crippen molar-refractivity contribution in [3.05, 3.63) is 95.1 Å². The van der Waals surface area contributed by atoms with Gasteiger partial charge in [-0.05, 0) is 60.6 Å². The fourth-order valence-corrected chi connectivity index (χ4v) is 5.05. The Labute approximate surface area is 221 Å². The molecule has 4 rings (SSSR count). The van der Waals surface area contributed by atoms with E-state index in [1.165, 1.54) is 16.7 Å². The minimum Gasteiger partial charge on any atom is -0.366 e. The first kappa shape index (κ1) is 26.5. The summed E-state index contributed by atoms with van der Waals surface area (Å²) in [5, 5.41) is 6.20. The summed E-state index contributed by atoms with van der Waals surface area (Å²) in [5.74, 6) is -0.0914. The van der Waals surface area contributed by atoms with Gasteiger partial charge in [0.15, 0.2) is 0 Å². The van der Waals surface area contributed by atoms with Crippen LogP contribution in [0.1, 0.15) is 66.6 Å². The smallest absolute Gasteiger partial charge is 0.253 e. The number of hydrogen-bond acceptors (Lipinski definition) is 3. The van der Waals surface area contributed by atoms with Gasteiger partial charge in [0.2, 0.25) is 5.91 Å². The van der Waals surface area contributed by atoms with Gasteiger partial charge >= 0.3 is 0 Å². The second-order valence-corrected chi connectivity index (χ2v) is 9.90. The molecule has 0 saturated heterocycles. The van der Waals surface area contributed by atoms with Crippen LogP contribution in [0.2, 0.25) is 0 Å². The standard InChI is InChI=1S/C32H39N3O2/c1-3-5-13-25(4-2)31(36)34-28-16-17-30(35-21-19-26-14-9-10-15-27(26)23-35)29(22-28)32(37)33-20-18-24-11-7-6-8-12-24/h6-12,14-17,22,25H,3-5,13,18-21,23H2,1-2H3,(H,33,37)(H,34,36). The first-order valence-corrected chi connectivity index (χ1v) is 13.7. The van der Waals surface area contributed by atoms with Crippen LogP contribution < -0.4 is 15.5 Å². The number of benzene rings is 3. The van der Waals surface area contributed by atoms with E-state index in [1.807, 2.05) is 36.4 Å². The second-order valence-electron chi connectivity index (χ2n) is 9.90. The van der Waals surface area contributed by atoms with Crippen molar-refractivity contribution in [1.29, 1.82) is 0 Å². The van der Waals surface area contributed by atoms with Crippen LogP contribution in [-0.4, -0.2) is 24.9 Å². The van der Waals surface area contributed by atoms with Crippen LogP contribution in [0.15, 0.2) is 72.8 Å². The van der Waals surface area contributed by atoms with Gasteiger partial charge in [0.25, 0.3) is 5.91 Å². The number of fused-ring (bicyclic) bond motifs is 1. The molecule has 0 bridgehead atoms. The summed E-state index contributed by atoms with van der Waals surface area (Å²) in [4.78, 5) is 28.7. The molecule has 1 atom stereocenters. The first-order chi connectivity index (χ1) is 18.1. The monoisotopic (exact) mass is 497 g/mol. The van der Waals surface area contributed by atoms with E-state index >= 15 is 0 Å². The Balaban J connectivity index is 1.54. The number of rotatable bonds is 11. The maximum Gasteiger partial charge on any atom is 0.253 e. The molecule has 37 heavy (non-hydrogen) atoms. The van der Waals surface area contributed by atoms with Gasteiger partial charge < -0.3 is 15.5 Å². The second kappa shape index (κ2) is 13.1. The van der Waals surface area contributed by atoms with E-state index in [1.54, 1.807) is 0 Å². The molecule has 0 aliphatic carbocycles. The number of unbranched alkanes of at least 4 members (excludes halogenated alkanes) is 1. The van der Waals surface area contributed by atoms with Crippen molar-refractivity contribution in [2.24, 2.45) is 5.92 Å². The summed E-state index contributed by atoms with van der Waals surface area (Å²) in [6, 6.07) is 24.4. The third-order valence-electron chi connectivity index (χ3n) is 7.29. The van der Waals surface area contributed by atoms with E-state index < -0.39 is 0 Å². The Kier molecular flexibility index (Phi) is 9.36. The van der Waals surface area contributed by atoms with Crippen LogP contribution in [-0.2, 0) is 24.2 Å². The van der Waals surface area contributed by atoms with Gasteiger partial charge in [-0.15, -0.1) is 0 Å². The van der Waals surface area contributed by atoms with E-state index in [9.17, 15) is 9.59 Å². The third-order valence-corrected chi connectivity index (χ3v) is 7.29. The largest absolute Gasteiger partial charge is 0.366 e. The van der Waals surface area contributed by atoms with Gasteiger partial charge in [0, 0.05) is 36.9 Å². The number of carbonyl (C=O) groups is 2. The predicted octanol–water partition coefficient (Wildman–Crippen LogP) is 6.38. The average Bonchev–Trinajstić information content (AvgIpc) is 2.93. The van der Waals surface area contributed by atoms with Crippen molar-refractivity contribution >= 4 is 23.2 Å². The van der Waals surface area contributed by atoms with Gasteiger partial charge in [0.05, 0.1) is 5.56 Å².